The standard InChI is InChI=1S/C29H24N4O6/c1-29(2,21-11-13-27(34)23(15-21)30-17-19-7-3-5-9-25(19)32(36)37)22-12-14-28(35)24(16-22)31-18-20-8-4-6-10-26(20)33(38)39/h3-18,34-35H,1-2H3. The molecule has 0 saturated heterocycles. The molecule has 0 saturated carbocycles. The number of aliphatic imine (C=N–C) groups is 2. The molecule has 0 amide bonds. The largest absolute Gasteiger partial charge is 0.506 e. The molecule has 39 heavy (non-hydrogen) atoms. The Bertz CT molecular complexity index is 1510. The predicted octanol–water partition coefficient (Wildman–Crippen LogP) is 6.74. The van der Waals surface area contributed by atoms with Crippen molar-refractivity contribution in [3.05, 3.63) is 127 Å². The number of nitro benzene ring substituents is 2. The molecule has 10 nitrogen and oxygen atoms in total. The molecular weight excluding hydrogens is 500 g/mol. The minimum Gasteiger partial charge on any atom is -0.506 e. The van der Waals surface area contributed by atoms with Gasteiger partial charge in [-0.3, -0.25) is 30.2 Å². The van der Waals surface area contributed by atoms with E-state index in [9.17, 15) is 30.4 Å². The molecule has 0 bridgehead atoms. The first-order chi connectivity index (χ1) is 18.6. The topological polar surface area (TPSA) is 151 Å². The predicted molar refractivity (Wildman–Crippen MR) is 149 cm³/mol. The van der Waals surface area contributed by atoms with Crippen molar-refractivity contribution in [2.45, 2.75) is 19.3 Å². The zero-order chi connectivity index (χ0) is 28.2. The van der Waals surface area contributed by atoms with Crippen LogP contribution in [-0.4, -0.2) is 32.5 Å². The van der Waals surface area contributed by atoms with E-state index in [1.807, 2.05) is 13.8 Å². The van der Waals surface area contributed by atoms with Crippen molar-refractivity contribution in [3.63, 3.8) is 0 Å². The second-order valence-corrected chi connectivity index (χ2v) is 9.18. The van der Waals surface area contributed by atoms with E-state index in [1.54, 1.807) is 60.7 Å². The SMILES string of the molecule is CC(C)(c1ccc(O)c(N=Cc2ccccc2[N+](=O)[O-])c1)c1ccc(O)c(N=Cc2ccccc2[N+](=O)[O-])c1. The molecule has 4 rings (SSSR count). The van der Waals surface area contributed by atoms with Gasteiger partial charge in [-0.25, -0.2) is 0 Å². The minimum atomic E-state index is -0.645. The van der Waals surface area contributed by atoms with Crippen molar-refractivity contribution in [1.82, 2.24) is 0 Å². The van der Waals surface area contributed by atoms with E-state index < -0.39 is 15.3 Å². The van der Waals surface area contributed by atoms with E-state index >= 15 is 0 Å². The quantitative estimate of drug-likeness (QED) is 0.148. The van der Waals surface area contributed by atoms with Gasteiger partial charge in [0.05, 0.1) is 21.0 Å². The summed E-state index contributed by atoms with van der Waals surface area (Å²) in [5.41, 5.74) is 1.75. The number of aromatic hydroxyl groups is 2. The van der Waals surface area contributed by atoms with E-state index in [4.69, 9.17) is 0 Å². The van der Waals surface area contributed by atoms with E-state index in [0.29, 0.717) is 11.1 Å². The molecule has 10 heteroatoms. The second-order valence-electron chi connectivity index (χ2n) is 9.18. The Kier molecular flexibility index (Phi) is 7.48. The number of hydrogen-bond acceptors (Lipinski definition) is 8. The van der Waals surface area contributed by atoms with Crippen molar-refractivity contribution in [2.75, 3.05) is 0 Å². The van der Waals surface area contributed by atoms with Crippen molar-refractivity contribution < 1.29 is 20.1 Å². The summed E-state index contributed by atoms with van der Waals surface area (Å²) in [5.74, 6) is -0.185. The highest BCUT2D eigenvalue weighted by Gasteiger charge is 2.25. The van der Waals surface area contributed by atoms with Gasteiger partial charge in [0.15, 0.2) is 0 Å². The smallest absolute Gasteiger partial charge is 0.278 e. The third-order valence-electron chi connectivity index (χ3n) is 6.35. The van der Waals surface area contributed by atoms with Crippen molar-refractivity contribution in [1.29, 1.82) is 0 Å². The van der Waals surface area contributed by atoms with E-state index in [0.717, 1.165) is 11.1 Å². The molecule has 0 aliphatic heterocycles. The van der Waals surface area contributed by atoms with Crippen molar-refractivity contribution in [3.8, 4) is 11.5 Å². The highest BCUT2D eigenvalue weighted by atomic mass is 16.6. The van der Waals surface area contributed by atoms with Gasteiger partial charge in [-0.1, -0.05) is 50.2 Å². The Hall–Kier alpha value is -5.38. The summed E-state index contributed by atoms with van der Waals surface area (Å²) in [4.78, 5) is 30.2. The lowest BCUT2D eigenvalue weighted by Crippen LogP contribution is -2.18. The number of phenols is 2. The summed E-state index contributed by atoms with van der Waals surface area (Å²) in [6, 6.07) is 22.2. The van der Waals surface area contributed by atoms with Gasteiger partial charge in [0, 0.05) is 30.0 Å². The Morgan fingerprint density at radius 2 is 1.05 bits per heavy atom. The number of nitro groups is 2. The molecule has 2 N–H and O–H groups in total. The number of phenolic OH excluding ortho intramolecular Hbond substituents is 2. The van der Waals surface area contributed by atoms with Crippen LogP contribution in [0.2, 0.25) is 0 Å². The number of hydrogen-bond donors (Lipinski definition) is 2. The first-order valence-corrected chi connectivity index (χ1v) is 11.8. The van der Waals surface area contributed by atoms with Crippen LogP contribution >= 0.6 is 0 Å². The maximum absolute atomic E-state index is 11.3. The molecule has 0 fully saturated rings. The van der Waals surface area contributed by atoms with Crippen LogP contribution in [0, 0.1) is 20.2 Å². The molecule has 0 unspecified atom stereocenters. The van der Waals surface area contributed by atoms with Crippen molar-refractivity contribution >= 4 is 35.2 Å². The van der Waals surface area contributed by atoms with E-state index in [-0.39, 0.29) is 34.2 Å². The molecule has 0 aliphatic rings. The highest BCUT2D eigenvalue weighted by Crippen LogP contribution is 2.40. The average molecular weight is 525 g/mol. The van der Waals surface area contributed by atoms with Crippen LogP contribution in [0.4, 0.5) is 22.7 Å². The lowest BCUT2D eigenvalue weighted by molar-refractivity contribution is -0.385. The fourth-order valence-corrected chi connectivity index (χ4v) is 4.00. The molecule has 0 radical (unpaired) electrons. The lowest BCUT2D eigenvalue weighted by Gasteiger charge is -2.27. The zero-order valence-electron chi connectivity index (χ0n) is 21.1. The zero-order valence-corrected chi connectivity index (χ0v) is 21.1. The number of para-hydroxylation sites is 2. The summed E-state index contributed by atoms with van der Waals surface area (Å²) >= 11 is 0. The summed E-state index contributed by atoms with van der Waals surface area (Å²) in [5, 5.41) is 43.4. The summed E-state index contributed by atoms with van der Waals surface area (Å²) in [7, 11) is 0. The van der Waals surface area contributed by atoms with Crippen LogP contribution in [0.15, 0.2) is 94.9 Å². The molecule has 0 aromatic heterocycles. The lowest BCUT2D eigenvalue weighted by atomic mass is 9.77. The second kappa shape index (κ2) is 10.9. The van der Waals surface area contributed by atoms with E-state index in [1.165, 1.54) is 36.7 Å². The molecule has 0 spiro atoms. The molecule has 0 atom stereocenters. The Morgan fingerprint density at radius 3 is 1.44 bits per heavy atom. The van der Waals surface area contributed by atoms with Gasteiger partial charge >= 0.3 is 0 Å². The molecule has 4 aromatic rings. The maximum atomic E-state index is 11.3. The van der Waals surface area contributed by atoms with E-state index in [2.05, 4.69) is 9.98 Å². The molecule has 196 valence electrons. The summed E-state index contributed by atoms with van der Waals surface area (Å²) in [6.45, 7) is 3.88. The maximum Gasteiger partial charge on any atom is 0.278 e. The number of benzene rings is 4. The third kappa shape index (κ3) is 5.80. The minimum absolute atomic E-state index is 0.0927. The van der Waals surface area contributed by atoms with Gasteiger partial charge in [0.2, 0.25) is 0 Å². The molecular formula is C29H24N4O6. The van der Waals surface area contributed by atoms with Crippen LogP contribution in [0.5, 0.6) is 11.5 Å². The molecule has 0 heterocycles. The van der Waals surface area contributed by atoms with Crippen LogP contribution in [-0.2, 0) is 5.41 Å². The third-order valence-corrected chi connectivity index (χ3v) is 6.35. The average Bonchev–Trinajstić information content (AvgIpc) is 2.92. The van der Waals surface area contributed by atoms with Crippen LogP contribution in [0.1, 0.15) is 36.1 Å². The number of nitrogens with zero attached hydrogens (tertiary/aromatic N) is 4. The van der Waals surface area contributed by atoms with Gasteiger partial charge in [0.25, 0.3) is 11.4 Å². The number of rotatable bonds is 8. The monoisotopic (exact) mass is 524 g/mol. The fraction of sp³-hybridized carbons (Fsp3) is 0.103. The first kappa shape index (κ1) is 26.7. The molecule has 0 aliphatic carbocycles. The van der Waals surface area contributed by atoms with Crippen LogP contribution in [0.25, 0.3) is 0 Å². The fourth-order valence-electron chi connectivity index (χ4n) is 4.00. The Balaban J connectivity index is 1.68. The Morgan fingerprint density at radius 1 is 0.667 bits per heavy atom. The van der Waals surface area contributed by atoms with Gasteiger partial charge in [-0.05, 0) is 47.5 Å². The van der Waals surface area contributed by atoms with Gasteiger partial charge in [0.1, 0.15) is 22.9 Å². The first-order valence-electron chi connectivity index (χ1n) is 11.8. The van der Waals surface area contributed by atoms with Gasteiger partial charge < -0.3 is 10.2 Å². The Labute approximate surface area is 223 Å². The van der Waals surface area contributed by atoms with Crippen LogP contribution in [0.3, 0.4) is 0 Å². The van der Waals surface area contributed by atoms with Gasteiger partial charge in [-0.15, -0.1) is 0 Å². The van der Waals surface area contributed by atoms with Gasteiger partial charge in [-0.2, -0.15) is 0 Å². The van der Waals surface area contributed by atoms with Crippen molar-refractivity contribution in [2.24, 2.45) is 9.98 Å². The van der Waals surface area contributed by atoms with Crippen LogP contribution < -0.4 is 0 Å². The summed E-state index contributed by atoms with van der Waals surface area (Å²) < 4.78 is 0. The normalized spacial score (nSPS) is 11.7. The highest BCUT2D eigenvalue weighted by molar-refractivity contribution is 5.88. The molecule has 4 aromatic carbocycles. The summed E-state index contributed by atoms with van der Waals surface area (Å²) in [6.07, 6.45) is 2.67.